The maximum absolute atomic E-state index is 13.1. The van der Waals surface area contributed by atoms with E-state index in [9.17, 15) is 4.79 Å². The molecular formula is C41H39N7O2S. The van der Waals surface area contributed by atoms with Crippen LogP contribution in [-0.4, -0.2) is 59.6 Å². The van der Waals surface area contributed by atoms with Crippen LogP contribution >= 0.6 is 11.3 Å². The molecule has 3 heterocycles. The molecule has 0 fully saturated rings. The highest BCUT2D eigenvalue weighted by atomic mass is 32.1. The molecule has 0 atom stereocenters. The fourth-order valence-electron chi connectivity index (χ4n) is 6.03. The predicted octanol–water partition coefficient (Wildman–Crippen LogP) is 8.10. The number of ether oxygens (including phenoxy) is 1. The molecule has 2 N–H and O–H groups in total. The smallest absolute Gasteiger partial charge is 0.243 e. The number of carbonyl (C=O) groups excluding carboxylic acids is 1. The number of rotatable bonds is 14. The number of pyridine rings is 2. The highest BCUT2D eigenvalue weighted by Gasteiger charge is 2.13. The summed E-state index contributed by atoms with van der Waals surface area (Å²) in [6.07, 6.45) is 3.64. The summed E-state index contributed by atoms with van der Waals surface area (Å²) in [6.45, 7) is 3.06. The van der Waals surface area contributed by atoms with Crippen molar-refractivity contribution in [3.8, 4) is 16.3 Å². The lowest BCUT2D eigenvalue weighted by molar-refractivity contribution is -0.114. The second-order valence-electron chi connectivity index (χ2n) is 12.3. The van der Waals surface area contributed by atoms with E-state index in [1.54, 1.807) is 18.4 Å². The Hall–Kier alpha value is -5.84. The van der Waals surface area contributed by atoms with E-state index in [1.807, 2.05) is 97.1 Å². The standard InChI is InChI=1S/C41H39N7O2S/c1-47(35-17-15-29-23-31(14-13-30(29)24-35)41-46-37-11-3-4-12-39(37)51-41)28-40(49)45-32-16-18-36(38(25-32)50-2)44-21-22-48(26-33-9-5-7-19-42-33)27-34-10-6-8-20-43-34/h3-20,23-25,44H,21-22,26-28H2,1-2H3,(H,45,49). The van der Waals surface area contributed by atoms with Gasteiger partial charge in [-0.2, -0.15) is 0 Å². The van der Waals surface area contributed by atoms with Crippen molar-refractivity contribution in [3.63, 3.8) is 0 Å². The Morgan fingerprint density at radius 1 is 0.804 bits per heavy atom. The first-order chi connectivity index (χ1) is 25.0. The molecule has 0 aliphatic rings. The van der Waals surface area contributed by atoms with Crippen LogP contribution in [0.2, 0.25) is 0 Å². The zero-order valence-electron chi connectivity index (χ0n) is 28.6. The van der Waals surface area contributed by atoms with Crippen LogP contribution in [0, 0.1) is 0 Å². The Kier molecular flexibility index (Phi) is 10.4. The normalized spacial score (nSPS) is 11.2. The average molecular weight is 694 g/mol. The number of hydrogen-bond acceptors (Lipinski definition) is 9. The molecule has 9 nitrogen and oxygen atoms in total. The van der Waals surface area contributed by atoms with E-state index in [1.165, 1.54) is 4.70 Å². The van der Waals surface area contributed by atoms with Gasteiger partial charge >= 0.3 is 0 Å². The molecule has 0 saturated heterocycles. The van der Waals surface area contributed by atoms with Crippen LogP contribution in [0.1, 0.15) is 11.4 Å². The van der Waals surface area contributed by atoms with E-state index < -0.39 is 0 Å². The summed E-state index contributed by atoms with van der Waals surface area (Å²) in [5.74, 6) is 0.535. The number of carbonyl (C=O) groups is 1. The van der Waals surface area contributed by atoms with Crippen molar-refractivity contribution < 1.29 is 9.53 Å². The summed E-state index contributed by atoms with van der Waals surface area (Å²) < 4.78 is 6.88. The molecule has 256 valence electrons. The highest BCUT2D eigenvalue weighted by Crippen LogP contribution is 2.33. The number of anilines is 3. The minimum Gasteiger partial charge on any atom is -0.495 e. The van der Waals surface area contributed by atoms with Gasteiger partial charge in [-0.3, -0.25) is 19.7 Å². The molecule has 1 amide bonds. The van der Waals surface area contributed by atoms with Crippen LogP contribution in [0.3, 0.4) is 0 Å². The summed E-state index contributed by atoms with van der Waals surface area (Å²) in [6, 6.07) is 38.5. The summed E-state index contributed by atoms with van der Waals surface area (Å²) in [5, 5.41) is 9.78. The number of aromatic nitrogens is 3. The van der Waals surface area contributed by atoms with Gasteiger partial charge in [-0.05, 0) is 77.5 Å². The van der Waals surface area contributed by atoms with E-state index in [-0.39, 0.29) is 12.5 Å². The summed E-state index contributed by atoms with van der Waals surface area (Å²) in [5.41, 5.74) is 6.62. The zero-order chi connectivity index (χ0) is 35.0. The van der Waals surface area contributed by atoms with E-state index in [4.69, 9.17) is 9.72 Å². The maximum Gasteiger partial charge on any atom is 0.243 e. The number of amides is 1. The van der Waals surface area contributed by atoms with Gasteiger partial charge in [0.25, 0.3) is 0 Å². The van der Waals surface area contributed by atoms with Gasteiger partial charge in [0.15, 0.2) is 0 Å². The number of nitrogens with one attached hydrogen (secondary N) is 2. The largest absolute Gasteiger partial charge is 0.495 e. The topological polar surface area (TPSA) is 95.5 Å². The van der Waals surface area contributed by atoms with Crippen molar-refractivity contribution >= 4 is 55.3 Å². The molecule has 7 rings (SSSR count). The molecule has 10 heteroatoms. The SMILES string of the molecule is COc1cc(NC(=O)CN(C)c2ccc3cc(-c4nc5ccccc5s4)ccc3c2)ccc1NCCN(Cc1ccccn1)Cc1ccccn1. The first-order valence-electron chi connectivity index (χ1n) is 16.9. The first kappa shape index (κ1) is 33.6. The predicted molar refractivity (Wildman–Crippen MR) is 209 cm³/mol. The number of benzene rings is 4. The second-order valence-corrected chi connectivity index (χ2v) is 13.4. The van der Waals surface area contributed by atoms with Crippen LogP contribution in [0.5, 0.6) is 5.75 Å². The van der Waals surface area contributed by atoms with Crippen molar-refractivity contribution in [2.75, 3.05) is 49.3 Å². The van der Waals surface area contributed by atoms with Gasteiger partial charge in [-0.15, -0.1) is 11.3 Å². The average Bonchev–Trinajstić information content (AvgIpc) is 3.60. The molecule has 0 aliphatic heterocycles. The molecule has 51 heavy (non-hydrogen) atoms. The molecule has 0 saturated carbocycles. The molecule has 0 aliphatic carbocycles. The third kappa shape index (κ3) is 8.49. The molecule has 0 radical (unpaired) electrons. The van der Waals surface area contributed by atoms with Crippen LogP contribution in [0.15, 0.2) is 128 Å². The van der Waals surface area contributed by atoms with Crippen molar-refractivity contribution in [1.82, 2.24) is 19.9 Å². The van der Waals surface area contributed by atoms with Gasteiger partial charge in [0.05, 0.1) is 40.9 Å². The minimum absolute atomic E-state index is 0.119. The lowest BCUT2D eigenvalue weighted by Crippen LogP contribution is -2.30. The molecule has 0 spiro atoms. The number of hydrogen-bond donors (Lipinski definition) is 2. The van der Waals surface area contributed by atoms with Gasteiger partial charge in [-0.25, -0.2) is 4.98 Å². The molecule has 0 unspecified atom stereocenters. The van der Waals surface area contributed by atoms with Gasteiger partial charge in [0.2, 0.25) is 5.91 Å². The van der Waals surface area contributed by atoms with Crippen molar-refractivity contribution in [2.24, 2.45) is 0 Å². The fourth-order valence-corrected chi connectivity index (χ4v) is 6.99. The Bertz CT molecular complexity index is 2170. The quantitative estimate of drug-likeness (QED) is 0.118. The molecular weight excluding hydrogens is 655 g/mol. The Labute approximate surface area is 301 Å². The van der Waals surface area contributed by atoms with E-state index in [0.717, 1.165) is 56.2 Å². The lowest BCUT2D eigenvalue weighted by atomic mass is 10.1. The van der Waals surface area contributed by atoms with Gasteiger partial charge in [-0.1, -0.05) is 42.5 Å². The summed E-state index contributed by atoms with van der Waals surface area (Å²) >= 11 is 1.70. The number of nitrogens with zero attached hydrogens (tertiary/aromatic N) is 5. The first-order valence-corrected chi connectivity index (χ1v) is 17.7. The monoisotopic (exact) mass is 693 g/mol. The number of para-hydroxylation sites is 1. The lowest BCUT2D eigenvalue weighted by Gasteiger charge is -2.22. The van der Waals surface area contributed by atoms with Crippen LogP contribution < -0.4 is 20.3 Å². The number of likely N-dealkylation sites (N-methyl/N-ethyl adjacent to an activating group) is 1. The Morgan fingerprint density at radius 2 is 1.53 bits per heavy atom. The highest BCUT2D eigenvalue weighted by molar-refractivity contribution is 7.21. The van der Waals surface area contributed by atoms with Gasteiger partial charge < -0.3 is 20.3 Å². The second kappa shape index (κ2) is 15.8. The third-order valence-electron chi connectivity index (χ3n) is 8.64. The minimum atomic E-state index is -0.119. The van der Waals surface area contributed by atoms with Gasteiger partial charge in [0.1, 0.15) is 10.8 Å². The fraction of sp³-hybridized carbons (Fsp3) is 0.171. The van der Waals surface area contributed by atoms with Crippen LogP contribution in [-0.2, 0) is 17.9 Å². The van der Waals surface area contributed by atoms with Crippen molar-refractivity contribution in [2.45, 2.75) is 13.1 Å². The Balaban J connectivity index is 0.948. The van der Waals surface area contributed by atoms with E-state index >= 15 is 0 Å². The maximum atomic E-state index is 13.1. The zero-order valence-corrected chi connectivity index (χ0v) is 29.4. The molecule has 7 aromatic rings. The van der Waals surface area contributed by atoms with Crippen molar-refractivity contribution in [1.29, 1.82) is 0 Å². The number of fused-ring (bicyclic) bond motifs is 2. The summed E-state index contributed by atoms with van der Waals surface area (Å²) in [7, 11) is 3.56. The van der Waals surface area contributed by atoms with Gasteiger partial charge in [0, 0.05) is 68.6 Å². The third-order valence-corrected chi connectivity index (χ3v) is 9.72. The number of thiazole rings is 1. The molecule has 4 aromatic carbocycles. The van der Waals surface area contributed by atoms with Crippen LogP contribution in [0.25, 0.3) is 31.6 Å². The number of methoxy groups -OCH3 is 1. The van der Waals surface area contributed by atoms with E-state index in [0.29, 0.717) is 31.1 Å². The van der Waals surface area contributed by atoms with E-state index in [2.05, 4.69) is 68.0 Å². The van der Waals surface area contributed by atoms with Crippen molar-refractivity contribution in [3.05, 3.63) is 139 Å². The summed E-state index contributed by atoms with van der Waals surface area (Å²) in [4.78, 5) is 31.2. The molecule has 0 bridgehead atoms. The Morgan fingerprint density at radius 3 is 2.25 bits per heavy atom. The van der Waals surface area contributed by atoms with Crippen LogP contribution in [0.4, 0.5) is 17.1 Å². The molecule has 3 aromatic heterocycles.